The third-order valence-corrected chi connectivity index (χ3v) is 2.74. The fraction of sp³-hybridized carbons (Fsp3) is 0.250. The van der Waals surface area contributed by atoms with Crippen LogP contribution in [0.5, 0.6) is 0 Å². The van der Waals surface area contributed by atoms with Crippen molar-refractivity contribution >= 4 is 22.0 Å². The lowest BCUT2D eigenvalue weighted by Gasteiger charge is -2.00. The quantitative estimate of drug-likeness (QED) is 0.640. The van der Waals surface area contributed by atoms with Crippen molar-refractivity contribution in [1.82, 2.24) is 4.84 Å². The van der Waals surface area contributed by atoms with Crippen LogP contribution in [0.1, 0.15) is 5.56 Å². The van der Waals surface area contributed by atoms with E-state index in [-0.39, 0.29) is 4.90 Å². The fourth-order valence-corrected chi connectivity index (χ4v) is 1.57. The molecule has 0 aliphatic rings. The number of hydrogen-bond acceptors (Lipinski definition) is 3. The van der Waals surface area contributed by atoms with Crippen LogP contribution in [0.4, 0.5) is 3.89 Å². The average Bonchev–Trinajstić information content (AvgIpc) is 2.14. The second-order valence-electron chi connectivity index (χ2n) is 2.72. The highest BCUT2D eigenvalue weighted by Crippen LogP contribution is 2.13. The summed E-state index contributed by atoms with van der Waals surface area (Å²) in [7, 11) is -4.58. The first-order valence-corrected chi connectivity index (χ1v) is 5.67. The predicted octanol–water partition coefficient (Wildman–Crippen LogP) is 1.63. The lowest BCUT2D eigenvalue weighted by atomic mass is 10.2. The molecular formula is C8H9ClFNO2S. The maximum atomic E-state index is 12.4. The molecule has 0 aliphatic heterocycles. The maximum Gasteiger partial charge on any atom is 0.332 e. The van der Waals surface area contributed by atoms with E-state index in [0.29, 0.717) is 13.0 Å². The summed E-state index contributed by atoms with van der Waals surface area (Å²) >= 11 is 5.25. The van der Waals surface area contributed by atoms with Crippen LogP contribution in [-0.2, 0) is 16.6 Å². The molecule has 0 fully saturated rings. The van der Waals surface area contributed by atoms with Gasteiger partial charge >= 0.3 is 10.2 Å². The molecule has 0 saturated heterocycles. The molecule has 1 aromatic carbocycles. The molecule has 0 aliphatic carbocycles. The summed E-state index contributed by atoms with van der Waals surface area (Å²) in [6.45, 7) is 0.573. The second kappa shape index (κ2) is 4.72. The van der Waals surface area contributed by atoms with Crippen LogP contribution in [0.15, 0.2) is 29.2 Å². The van der Waals surface area contributed by atoms with Gasteiger partial charge in [0.2, 0.25) is 0 Å². The molecule has 14 heavy (non-hydrogen) atoms. The van der Waals surface area contributed by atoms with E-state index in [1.165, 1.54) is 12.1 Å². The van der Waals surface area contributed by atoms with Crippen LogP contribution < -0.4 is 4.84 Å². The van der Waals surface area contributed by atoms with Gasteiger partial charge in [-0.1, -0.05) is 12.1 Å². The van der Waals surface area contributed by atoms with Crippen molar-refractivity contribution in [3.05, 3.63) is 29.8 Å². The second-order valence-corrected chi connectivity index (χ2v) is 4.33. The highest BCUT2D eigenvalue weighted by atomic mass is 35.5. The van der Waals surface area contributed by atoms with E-state index < -0.39 is 10.2 Å². The number of benzene rings is 1. The number of rotatable bonds is 4. The molecule has 0 saturated carbocycles. The Balaban J connectivity index is 2.79. The summed E-state index contributed by atoms with van der Waals surface area (Å²) in [5.74, 6) is 0. The molecule has 0 spiro atoms. The van der Waals surface area contributed by atoms with E-state index in [1.54, 1.807) is 12.1 Å². The van der Waals surface area contributed by atoms with E-state index in [4.69, 9.17) is 11.8 Å². The van der Waals surface area contributed by atoms with Crippen LogP contribution >= 0.6 is 11.8 Å². The highest BCUT2D eigenvalue weighted by molar-refractivity contribution is 7.86. The summed E-state index contributed by atoms with van der Waals surface area (Å²) in [6, 6.07) is 5.58. The van der Waals surface area contributed by atoms with Crippen molar-refractivity contribution in [2.45, 2.75) is 11.3 Å². The smallest absolute Gasteiger partial charge is 0.233 e. The van der Waals surface area contributed by atoms with E-state index in [9.17, 15) is 12.3 Å². The number of nitrogens with one attached hydrogen (secondary N) is 1. The minimum Gasteiger partial charge on any atom is -0.233 e. The SMILES string of the molecule is O=S(=O)(F)c1ccc(CCNCl)cc1. The summed E-state index contributed by atoms with van der Waals surface area (Å²) in [5.41, 5.74) is 0.894. The minimum absolute atomic E-state index is 0.319. The first-order valence-electron chi connectivity index (χ1n) is 3.91. The lowest BCUT2D eigenvalue weighted by Crippen LogP contribution is -2.04. The fourth-order valence-electron chi connectivity index (χ4n) is 1.01. The molecule has 0 atom stereocenters. The van der Waals surface area contributed by atoms with Crippen molar-refractivity contribution in [3.63, 3.8) is 0 Å². The molecule has 3 nitrogen and oxygen atoms in total. The maximum absolute atomic E-state index is 12.4. The monoisotopic (exact) mass is 237 g/mol. The van der Waals surface area contributed by atoms with Gasteiger partial charge in [0, 0.05) is 6.54 Å². The number of halogens is 2. The van der Waals surface area contributed by atoms with Gasteiger partial charge in [0.15, 0.2) is 0 Å². The van der Waals surface area contributed by atoms with Crippen molar-refractivity contribution in [3.8, 4) is 0 Å². The standard InChI is InChI=1S/C8H9ClFNO2S/c9-11-6-5-7-1-3-8(4-2-7)14(10,12)13/h1-4,11H,5-6H2. The molecule has 78 valence electrons. The molecular weight excluding hydrogens is 229 g/mol. The zero-order valence-corrected chi connectivity index (χ0v) is 8.78. The molecule has 1 rings (SSSR count). The zero-order valence-electron chi connectivity index (χ0n) is 7.20. The summed E-state index contributed by atoms with van der Waals surface area (Å²) in [4.78, 5) is 2.12. The molecule has 0 radical (unpaired) electrons. The molecule has 0 unspecified atom stereocenters. The van der Waals surface area contributed by atoms with Gasteiger partial charge in [-0.3, -0.25) is 0 Å². The van der Waals surface area contributed by atoms with E-state index in [0.717, 1.165) is 5.56 Å². The predicted molar refractivity (Wildman–Crippen MR) is 52.3 cm³/mol. The Morgan fingerprint density at radius 1 is 1.29 bits per heavy atom. The molecule has 1 N–H and O–H groups in total. The first kappa shape index (κ1) is 11.4. The molecule has 0 bridgehead atoms. The largest absolute Gasteiger partial charge is 0.332 e. The zero-order chi connectivity index (χ0) is 10.6. The molecule has 1 aromatic rings. The summed E-state index contributed by atoms with van der Waals surface area (Å²) < 4.78 is 33.4. The average molecular weight is 238 g/mol. The Bertz CT molecular complexity index is 390. The van der Waals surface area contributed by atoms with Crippen molar-refractivity contribution < 1.29 is 12.3 Å². The van der Waals surface area contributed by atoms with Gasteiger partial charge in [-0.05, 0) is 35.9 Å². The van der Waals surface area contributed by atoms with Crippen molar-refractivity contribution in [2.24, 2.45) is 0 Å². The topological polar surface area (TPSA) is 46.2 Å². The van der Waals surface area contributed by atoms with Crippen LogP contribution in [0.25, 0.3) is 0 Å². The minimum atomic E-state index is -4.58. The van der Waals surface area contributed by atoms with E-state index >= 15 is 0 Å². The van der Waals surface area contributed by atoms with Gasteiger partial charge in [-0.15, -0.1) is 3.89 Å². The van der Waals surface area contributed by atoms with E-state index in [2.05, 4.69) is 4.84 Å². The van der Waals surface area contributed by atoms with Gasteiger partial charge in [0.05, 0.1) is 4.90 Å². The van der Waals surface area contributed by atoms with Gasteiger partial charge in [0.1, 0.15) is 0 Å². The van der Waals surface area contributed by atoms with Gasteiger partial charge in [-0.25, -0.2) is 4.84 Å². The molecule has 0 amide bonds. The van der Waals surface area contributed by atoms with Crippen molar-refractivity contribution in [1.29, 1.82) is 0 Å². The highest BCUT2D eigenvalue weighted by Gasteiger charge is 2.10. The van der Waals surface area contributed by atoms with E-state index in [1.807, 2.05) is 0 Å². The molecule has 0 heterocycles. The molecule has 6 heteroatoms. The Morgan fingerprint density at radius 3 is 2.29 bits per heavy atom. The third-order valence-electron chi connectivity index (χ3n) is 1.71. The Morgan fingerprint density at radius 2 is 1.86 bits per heavy atom. The van der Waals surface area contributed by atoms with Gasteiger partial charge in [-0.2, -0.15) is 8.42 Å². The first-order chi connectivity index (χ1) is 6.54. The Labute approximate surface area is 87.2 Å². The van der Waals surface area contributed by atoms with Crippen LogP contribution in [0.2, 0.25) is 0 Å². The van der Waals surface area contributed by atoms with Gasteiger partial charge in [0.25, 0.3) is 0 Å². The van der Waals surface area contributed by atoms with Gasteiger partial charge < -0.3 is 0 Å². The summed E-state index contributed by atoms with van der Waals surface area (Å²) in [6.07, 6.45) is 0.663. The Kier molecular flexibility index (Phi) is 3.86. The van der Waals surface area contributed by atoms with Crippen molar-refractivity contribution in [2.75, 3.05) is 6.54 Å². The normalized spacial score (nSPS) is 11.6. The molecule has 0 aromatic heterocycles. The number of hydrogen-bond donors (Lipinski definition) is 1. The lowest BCUT2D eigenvalue weighted by molar-refractivity contribution is 0.552. The summed E-state index contributed by atoms with van der Waals surface area (Å²) in [5, 5.41) is 0. The van der Waals surface area contributed by atoms with Crippen LogP contribution in [0, 0.1) is 0 Å². The Hall–Kier alpha value is -0.650. The van der Waals surface area contributed by atoms with Crippen LogP contribution in [0.3, 0.4) is 0 Å². The van der Waals surface area contributed by atoms with Crippen LogP contribution in [-0.4, -0.2) is 15.0 Å². The third kappa shape index (κ3) is 3.25.